The number of hydrogen-bond donors (Lipinski definition) is 1. The lowest BCUT2D eigenvalue weighted by atomic mass is 9.76. The number of rotatable bonds is 3. The quantitative estimate of drug-likeness (QED) is 0.766. The second-order valence-corrected chi connectivity index (χ2v) is 7.31. The second-order valence-electron chi connectivity index (χ2n) is 7.31. The number of carbonyl (C=O) groups excluding carboxylic acids is 1. The van der Waals surface area contributed by atoms with E-state index in [0.29, 0.717) is 18.3 Å². The molecule has 7 atom stereocenters. The van der Waals surface area contributed by atoms with Gasteiger partial charge in [0.15, 0.2) is 5.72 Å². The molecule has 4 nitrogen and oxygen atoms in total. The highest BCUT2D eigenvalue weighted by Gasteiger charge is 2.78. The third-order valence-electron chi connectivity index (χ3n) is 6.41. The highest BCUT2D eigenvalue weighted by molar-refractivity contribution is 5.84. The molecule has 0 aromatic heterocycles. The maximum absolute atomic E-state index is 12.9. The molecule has 7 unspecified atom stereocenters. The molecular weight excluding hydrogens is 254 g/mol. The summed E-state index contributed by atoms with van der Waals surface area (Å²) in [5, 5.41) is 10.4. The molecule has 5 rings (SSSR count). The fourth-order valence-electron chi connectivity index (χ4n) is 5.56. The predicted octanol–water partition coefficient (Wildman–Crippen LogP) is 0.600. The molecule has 5 fully saturated rings. The fourth-order valence-corrected chi connectivity index (χ4v) is 5.56. The van der Waals surface area contributed by atoms with Gasteiger partial charge >= 0.3 is 0 Å². The fraction of sp³-hybridized carbons (Fsp3) is 0.812. The second kappa shape index (κ2) is 3.40. The summed E-state index contributed by atoms with van der Waals surface area (Å²) >= 11 is 0. The molecule has 2 bridgehead atoms. The Bertz CT molecular complexity index is 536. The molecule has 2 aliphatic heterocycles. The van der Waals surface area contributed by atoms with Crippen molar-refractivity contribution in [1.82, 2.24) is 4.90 Å². The summed E-state index contributed by atoms with van der Waals surface area (Å²) in [5.74, 6) is 4.19. The van der Waals surface area contributed by atoms with E-state index in [4.69, 9.17) is 11.2 Å². The van der Waals surface area contributed by atoms with Crippen LogP contribution in [0.1, 0.15) is 25.7 Å². The van der Waals surface area contributed by atoms with Gasteiger partial charge in [0.2, 0.25) is 5.91 Å². The number of fused-ring (bicyclic) bond motifs is 2. The summed E-state index contributed by atoms with van der Waals surface area (Å²) < 4.78 is 6.29. The van der Waals surface area contributed by atoms with Crippen molar-refractivity contribution in [3.05, 3.63) is 0 Å². The Balaban J connectivity index is 1.61. The first kappa shape index (κ1) is 11.6. The van der Waals surface area contributed by atoms with Gasteiger partial charge in [0.1, 0.15) is 0 Å². The largest absolute Gasteiger partial charge is 0.390 e. The number of carbonyl (C=O) groups is 1. The van der Waals surface area contributed by atoms with Crippen molar-refractivity contribution in [2.24, 2.45) is 29.6 Å². The standard InChI is InChI=1S/C16H19NO3/c1-2-5-16-12-10-6-9(13(18)14(10)20-16)11(12)15(19)17(16)7-8-3-4-8/h1,8-14,18H,3-7H2. The van der Waals surface area contributed by atoms with E-state index in [2.05, 4.69) is 5.92 Å². The lowest BCUT2D eigenvalue weighted by Gasteiger charge is -2.38. The molecule has 3 aliphatic carbocycles. The molecule has 1 amide bonds. The summed E-state index contributed by atoms with van der Waals surface area (Å²) in [4.78, 5) is 14.8. The molecule has 0 radical (unpaired) electrons. The predicted molar refractivity (Wildman–Crippen MR) is 70.1 cm³/mol. The zero-order valence-electron chi connectivity index (χ0n) is 11.4. The van der Waals surface area contributed by atoms with Crippen molar-refractivity contribution in [1.29, 1.82) is 0 Å². The van der Waals surface area contributed by atoms with E-state index in [9.17, 15) is 9.90 Å². The molecule has 106 valence electrons. The third-order valence-corrected chi connectivity index (χ3v) is 6.41. The molecule has 2 heterocycles. The lowest BCUT2D eigenvalue weighted by molar-refractivity contribution is -0.177. The van der Waals surface area contributed by atoms with E-state index in [1.807, 2.05) is 4.90 Å². The minimum Gasteiger partial charge on any atom is -0.390 e. The van der Waals surface area contributed by atoms with E-state index in [1.54, 1.807) is 0 Å². The Hall–Kier alpha value is -1.05. The summed E-state index contributed by atoms with van der Waals surface area (Å²) in [6.07, 6.45) is 8.87. The van der Waals surface area contributed by atoms with Gasteiger partial charge < -0.3 is 14.7 Å². The molecule has 3 saturated carbocycles. The number of hydrogen-bond acceptors (Lipinski definition) is 3. The van der Waals surface area contributed by atoms with Crippen LogP contribution in [0.15, 0.2) is 0 Å². The zero-order valence-corrected chi connectivity index (χ0v) is 11.4. The Morgan fingerprint density at radius 1 is 1.45 bits per heavy atom. The number of aliphatic hydroxyl groups excluding tert-OH is 1. The molecule has 1 N–H and O–H groups in total. The van der Waals surface area contributed by atoms with Gasteiger partial charge in [-0.05, 0) is 37.0 Å². The van der Waals surface area contributed by atoms with Crippen LogP contribution in [0.5, 0.6) is 0 Å². The van der Waals surface area contributed by atoms with Crippen LogP contribution in [-0.2, 0) is 9.53 Å². The van der Waals surface area contributed by atoms with Crippen molar-refractivity contribution >= 4 is 5.91 Å². The van der Waals surface area contributed by atoms with Crippen molar-refractivity contribution in [2.45, 2.75) is 43.6 Å². The van der Waals surface area contributed by atoms with Gasteiger partial charge in [-0.25, -0.2) is 0 Å². The first-order chi connectivity index (χ1) is 9.67. The van der Waals surface area contributed by atoms with E-state index >= 15 is 0 Å². The normalized spacial score (nSPS) is 54.8. The average molecular weight is 273 g/mol. The van der Waals surface area contributed by atoms with Crippen LogP contribution in [0.4, 0.5) is 0 Å². The van der Waals surface area contributed by atoms with E-state index < -0.39 is 11.8 Å². The van der Waals surface area contributed by atoms with Crippen LogP contribution < -0.4 is 0 Å². The minimum atomic E-state index is -0.597. The number of aliphatic hydroxyl groups is 1. The highest BCUT2D eigenvalue weighted by Crippen LogP contribution is 2.68. The molecule has 0 aromatic carbocycles. The maximum Gasteiger partial charge on any atom is 0.228 e. The summed E-state index contributed by atoms with van der Waals surface area (Å²) in [7, 11) is 0. The first-order valence-electron chi connectivity index (χ1n) is 7.78. The van der Waals surface area contributed by atoms with Gasteiger partial charge in [-0.3, -0.25) is 4.79 Å². The SMILES string of the molecule is C#CCC12OC3C(O)C4CC3C1C4C(=O)N2CC1CC1. The Morgan fingerprint density at radius 3 is 2.95 bits per heavy atom. The lowest BCUT2D eigenvalue weighted by Crippen LogP contribution is -2.51. The molecule has 0 aromatic rings. The van der Waals surface area contributed by atoms with E-state index in [-0.39, 0.29) is 29.8 Å². The van der Waals surface area contributed by atoms with Gasteiger partial charge in [-0.1, -0.05) is 0 Å². The topological polar surface area (TPSA) is 49.8 Å². The average Bonchev–Trinajstić information content (AvgIpc) is 2.91. The van der Waals surface area contributed by atoms with Crippen LogP contribution in [0.25, 0.3) is 0 Å². The Morgan fingerprint density at radius 2 is 2.25 bits per heavy atom. The highest BCUT2D eigenvalue weighted by atomic mass is 16.6. The van der Waals surface area contributed by atoms with Crippen LogP contribution in [-0.4, -0.2) is 40.4 Å². The number of nitrogens with zero attached hydrogens (tertiary/aromatic N) is 1. The van der Waals surface area contributed by atoms with Gasteiger partial charge in [-0.15, -0.1) is 12.3 Å². The smallest absolute Gasteiger partial charge is 0.228 e. The third kappa shape index (κ3) is 1.09. The van der Waals surface area contributed by atoms with Crippen molar-refractivity contribution in [3.63, 3.8) is 0 Å². The van der Waals surface area contributed by atoms with Crippen molar-refractivity contribution < 1.29 is 14.6 Å². The van der Waals surface area contributed by atoms with Crippen molar-refractivity contribution in [2.75, 3.05) is 6.54 Å². The van der Waals surface area contributed by atoms with Gasteiger partial charge in [0.05, 0.1) is 24.5 Å². The number of likely N-dealkylation sites (tertiary alicyclic amines) is 1. The zero-order chi connectivity index (χ0) is 13.6. The van der Waals surface area contributed by atoms with Crippen LogP contribution in [0, 0.1) is 41.9 Å². The van der Waals surface area contributed by atoms with Crippen LogP contribution in [0.3, 0.4) is 0 Å². The Labute approximate surface area is 118 Å². The van der Waals surface area contributed by atoms with E-state index in [0.717, 1.165) is 13.0 Å². The first-order valence-corrected chi connectivity index (χ1v) is 7.78. The van der Waals surface area contributed by atoms with Gasteiger partial charge in [-0.2, -0.15) is 0 Å². The Kier molecular flexibility index (Phi) is 1.97. The summed E-state index contributed by atoms with van der Waals surface area (Å²) in [5.41, 5.74) is -0.597. The number of amides is 1. The van der Waals surface area contributed by atoms with Gasteiger partial charge in [0.25, 0.3) is 0 Å². The molecule has 4 heteroatoms. The maximum atomic E-state index is 12.9. The number of ether oxygens (including phenoxy) is 1. The minimum absolute atomic E-state index is 0.0409. The van der Waals surface area contributed by atoms with Crippen LogP contribution in [0.2, 0.25) is 0 Å². The monoisotopic (exact) mass is 273 g/mol. The number of terminal acetylenes is 1. The van der Waals surface area contributed by atoms with Crippen LogP contribution >= 0.6 is 0 Å². The molecule has 20 heavy (non-hydrogen) atoms. The van der Waals surface area contributed by atoms with Crippen molar-refractivity contribution in [3.8, 4) is 12.3 Å². The van der Waals surface area contributed by atoms with E-state index in [1.165, 1.54) is 12.8 Å². The molecular formula is C16H19NO3. The molecule has 2 saturated heterocycles. The molecule has 0 spiro atoms. The molecule has 5 aliphatic rings. The summed E-state index contributed by atoms with van der Waals surface area (Å²) in [6.45, 7) is 0.801. The van der Waals surface area contributed by atoms with Gasteiger partial charge in [0, 0.05) is 12.5 Å². The summed E-state index contributed by atoms with van der Waals surface area (Å²) in [6, 6.07) is 0.